The number of aryl methyl sites for hydroxylation is 2. The molecule has 208 valence electrons. The minimum absolute atomic E-state index is 0.0102. The lowest BCUT2D eigenvalue weighted by Gasteiger charge is -2.24. The molecule has 9 nitrogen and oxygen atoms in total. The molecule has 0 saturated carbocycles. The minimum Gasteiger partial charge on any atom is -0.497 e. The van der Waals surface area contributed by atoms with E-state index < -0.39 is 32.5 Å². The van der Waals surface area contributed by atoms with Crippen LogP contribution in [-0.2, 0) is 24.8 Å². The summed E-state index contributed by atoms with van der Waals surface area (Å²) >= 11 is 0. The molecule has 0 fully saturated rings. The predicted molar refractivity (Wildman–Crippen MR) is 156 cm³/mol. The third kappa shape index (κ3) is 6.61. The second kappa shape index (κ2) is 11.8. The SMILES string of the molecule is COc1cccc(N(CC(=O)Nc2ccc(S(=O)(=O)Nc3cc(C)ccc3C)cc2)S(=O)(=O)c2ccccc2)c1. The van der Waals surface area contributed by atoms with E-state index in [0.29, 0.717) is 17.1 Å². The number of rotatable bonds is 10. The van der Waals surface area contributed by atoms with Crippen molar-refractivity contribution in [2.45, 2.75) is 23.6 Å². The Morgan fingerprint density at radius 1 is 0.800 bits per heavy atom. The summed E-state index contributed by atoms with van der Waals surface area (Å²) in [6, 6.07) is 25.3. The van der Waals surface area contributed by atoms with Crippen molar-refractivity contribution in [3.63, 3.8) is 0 Å². The van der Waals surface area contributed by atoms with Gasteiger partial charge in [-0.25, -0.2) is 16.8 Å². The topological polar surface area (TPSA) is 122 Å². The van der Waals surface area contributed by atoms with E-state index in [0.717, 1.165) is 15.4 Å². The van der Waals surface area contributed by atoms with Gasteiger partial charge < -0.3 is 10.1 Å². The van der Waals surface area contributed by atoms with E-state index in [1.165, 1.54) is 49.6 Å². The Hall–Kier alpha value is -4.35. The molecule has 0 radical (unpaired) electrons. The molecule has 1 amide bonds. The number of amides is 1. The normalized spacial score (nSPS) is 11.5. The molecule has 0 aromatic heterocycles. The molecule has 40 heavy (non-hydrogen) atoms. The maximum absolute atomic E-state index is 13.5. The zero-order valence-corrected chi connectivity index (χ0v) is 23.8. The van der Waals surface area contributed by atoms with Crippen molar-refractivity contribution in [3.8, 4) is 5.75 Å². The van der Waals surface area contributed by atoms with E-state index in [-0.39, 0.29) is 15.5 Å². The molecular weight excluding hydrogens is 550 g/mol. The number of hydrogen-bond donors (Lipinski definition) is 2. The van der Waals surface area contributed by atoms with E-state index >= 15 is 0 Å². The first-order valence-corrected chi connectivity index (χ1v) is 15.1. The van der Waals surface area contributed by atoms with E-state index in [1.54, 1.807) is 42.5 Å². The molecule has 4 aromatic rings. The van der Waals surface area contributed by atoms with Crippen LogP contribution in [0.2, 0.25) is 0 Å². The van der Waals surface area contributed by atoms with Gasteiger partial charge in [-0.05, 0) is 79.6 Å². The van der Waals surface area contributed by atoms with Crippen LogP contribution in [-0.4, -0.2) is 36.4 Å². The summed E-state index contributed by atoms with van der Waals surface area (Å²) in [5.74, 6) is -0.191. The monoisotopic (exact) mass is 579 g/mol. The first kappa shape index (κ1) is 28.7. The number of carbonyl (C=O) groups is 1. The van der Waals surface area contributed by atoms with Crippen LogP contribution in [0, 0.1) is 13.8 Å². The van der Waals surface area contributed by atoms with Crippen molar-refractivity contribution in [2.75, 3.05) is 28.0 Å². The molecule has 4 aromatic carbocycles. The first-order chi connectivity index (χ1) is 19.0. The Bertz CT molecular complexity index is 1720. The van der Waals surface area contributed by atoms with Crippen LogP contribution >= 0.6 is 0 Å². The van der Waals surface area contributed by atoms with Crippen LogP contribution in [0.3, 0.4) is 0 Å². The molecule has 0 aliphatic heterocycles. The van der Waals surface area contributed by atoms with Crippen LogP contribution in [0.5, 0.6) is 5.75 Å². The fourth-order valence-electron chi connectivity index (χ4n) is 3.90. The van der Waals surface area contributed by atoms with E-state index in [9.17, 15) is 21.6 Å². The smallest absolute Gasteiger partial charge is 0.264 e. The fraction of sp³-hybridized carbons (Fsp3) is 0.138. The molecule has 0 saturated heterocycles. The van der Waals surface area contributed by atoms with E-state index in [2.05, 4.69) is 10.0 Å². The largest absolute Gasteiger partial charge is 0.497 e. The van der Waals surface area contributed by atoms with Gasteiger partial charge in [0.05, 0.1) is 28.3 Å². The van der Waals surface area contributed by atoms with Crippen molar-refractivity contribution in [2.24, 2.45) is 0 Å². The molecule has 2 N–H and O–H groups in total. The van der Waals surface area contributed by atoms with Gasteiger partial charge in [-0.15, -0.1) is 0 Å². The second-order valence-electron chi connectivity index (χ2n) is 9.02. The number of methoxy groups -OCH3 is 1. The number of benzene rings is 4. The molecule has 0 bridgehead atoms. The lowest BCUT2D eigenvalue weighted by molar-refractivity contribution is -0.114. The highest BCUT2D eigenvalue weighted by molar-refractivity contribution is 7.93. The quantitative estimate of drug-likeness (QED) is 0.274. The Balaban J connectivity index is 1.54. The van der Waals surface area contributed by atoms with Gasteiger partial charge in [0.1, 0.15) is 12.3 Å². The Labute approximate surface area is 234 Å². The molecule has 0 atom stereocenters. The third-order valence-electron chi connectivity index (χ3n) is 6.05. The molecule has 11 heteroatoms. The number of ether oxygens (including phenoxy) is 1. The predicted octanol–water partition coefficient (Wildman–Crippen LogP) is 4.95. The zero-order valence-electron chi connectivity index (χ0n) is 22.2. The third-order valence-corrected chi connectivity index (χ3v) is 9.21. The highest BCUT2D eigenvalue weighted by Gasteiger charge is 2.27. The van der Waals surface area contributed by atoms with Gasteiger partial charge >= 0.3 is 0 Å². The fourth-order valence-corrected chi connectivity index (χ4v) is 6.45. The summed E-state index contributed by atoms with van der Waals surface area (Å²) in [6.45, 7) is 3.15. The van der Waals surface area contributed by atoms with Gasteiger partial charge in [0.25, 0.3) is 20.0 Å². The first-order valence-electron chi connectivity index (χ1n) is 12.2. The van der Waals surface area contributed by atoms with Crippen LogP contribution in [0.25, 0.3) is 0 Å². The molecule has 0 unspecified atom stereocenters. The number of carbonyl (C=O) groups excluding carboxylic acids is 1. The molecule has 4 rings (SSSR count). The van der Waals surface area contributed by atoms with Gasteiger partial charge in [-0.2, -0.15) is 0 Å². The van der Waals surface area contributed by atoms with Gasteiger partial charge in [0.2, 0.25) is 5.91 Å². The Morgan fingerprint density at radius 3 is 2.17 bits per heavy atom. The molecule has 0 heterocycles. The Kier molecular flexibility index (Phi) is 8.46. The minimum atomic E-state index is -4.10. The van der Waals surface area contributed by atoms with E-state index in [4.69, 9.17) is 4.74 Å². The molecule has 0 aliphatic carbocycles. The molecule has 0 spiro atoms. The number of nitrogens with one attached hydrogen (secondary N) is 2. The van der Waals surface area contributed by atoms with E-state index in [1.807, 2.05) is 26.0 Å². The van der Waals surface area contributed by atoms with Gasteiger partial charge in [0.15, 0.2) is 0 Å². The van der Waals surface area contributed by atoms with Crippen LogP contribution in [0.1, 0.15) is 11.1 Å². The number of hydrogen-bond acceptors (Lipinski definition) is 6. The lowest BCUT2D eigenvalue weighted by atomic mass is 10.1. The number of nitrogens with zero attached hydrogens (tertiary/aromatic N) is 1. The standard InChI is InChI=1S/C29H29N3O6S2/c1-21-12-13-22(2)28(18-21)31-39(34,35)26-16-14-23(15-17-26)30-29(33)20-32(24-8-7-9-25(19-24)38-3)40(36,37)27-10-5-4-6-11-27/h4-19,31H,20H2,1-3H3,(H,30,33). The maximum atomic E-state index is 13.5. The maximum Gasteiger partial charge on any atom is 0.264 e. The van der Waals surface area contributed by atoms with Crippen molar-refractivity contribution in [3.05, 3.63) is 108 Å². The van der Waals surface area contributed by atoms with Gasteiger partial charge in [-0.3, -0.25) is 13.8 Å². The summed E-state index contributed by atoms with van der Waals surface area (Å²) in [4.78, 5) is 13.1. The van der Waals surface area contributed by atoms with Crippen molar-refractivity contribution < 1.29 is 26.4 Å². The summed E-state index contributed by atoms with van der Waals surface area (Å²) in [5, 5.41) is 2.65. The van der Waals surface area contributed by atoms with Gasteiger partial charge in [0, 0.05) is 11.8 Å². The molecular formula is C29H29N3O6S2. The van der Waals surface area contributed by atoms with Crippen LogP contribution < -0.4 is 19.1 Å². The van der Waals surface area contributed by atoms with Crippen LogP contribution in [0.15, 0.2) is 107 Å². The summed E-state index contributed by atoms with van der Waals surface area (Å²) in [7, 11) is -6.51. The van der Waals surface area contributed by atoms with Gasteiger partial charge in [-0.1, -0.05) is 36.4 Å². The average Bonchev–Trinajstić information content (AvgIpc) is 2.94. The lowest BCUT2D eigenvalue weighted by Crippen LogP contribution is -2.38. The zero-order chi connectivity index (χ0) is 28.9. The van der Waals surface area contributed by atoms with Crippen molar-refractivity contribution in [1.82, 2.24) is 0 Å². The second-order valence-corrected chi connectivity index (χ2v) is 12.6. The Morgan fingerprint density at radius 2 is 1.50 bits per heavy atom. The summed E-state index contributed by atoms with van der Waals surface area (Å²) < 4.78 is 61.7. The highest BCUT2D eigenvalue weighted by atomic mass is 32.2. The highest BCUT2D eigenvalue weighted by Crippen LogP contribution is 2.27. The van der Waals surface area contributed by atoms with Crippen LogP contribution in [0.4, 0.5) is 17.1 Å². The summed E-state index contributed by atoms with van der Waals surface area (Å²) in [6.07, 6.45) is 0. The number of sulfonamides is 2. The summed E-state index contributed by atoms with van der Waals surface area (Å²) in [5.41, 5.74) is 2.73. The van der Waals surface area contributed by atoms with Crippen molar-refractivity contribution >= 4 is 43.0 Å². The van der Waals surface area contributed by atoms with Crippen molar-refractivity contribution in [1.29, 1.82) is 0 Å². The average molecular weight is 580 g/mol. The molecule has 0 aliphatic rings. The number of anilines is 3.